The first-order chi connectivity index (χ1) is 15.2. The lowest BCUT2D eigenvalue weighted by Gasteiger charge is -2.40. The number of benzene rings is 1. The van der Waals surface area contributed by atoms with E-state index in [2.05, 4.69) is 25.8 Å². The summed E-state index contributed by atoms with van der Waals surface area (Å²) in [6.45, 7) is 7.98. The van der Waals surface area contributed by atoms with Crippen LogP contribution in [0.1, 0.15) is 63.0 Å². The van der Waals surface area contributed by atoms with Crippen LogP contribution in [-0.4, -0.2) is 28.2 Å². The lowest BCUT2D eigenvalue weighted by atomic mass is 9.80. The number of esters is 1. The van der Waals surface area contributed by atoms with Gasteiger partial charge in [-0.3, -0.25) is 4.79 Å². The zero-order valence-electron chi connectivity index (χ0n) is 19.2. The number of carbonyl (C=O) groups is 1. The summed E-state index contributed by atoms with van der Waals surface area (Å²) < 4.78 is 52.6. The van der Waals surface area contributed by atoms with Crippen molar-refractivity contribution in [1.29, 1.82) is 0 Å². The van der Waals surface area contributed by atoms with Gasteiger partial charge in [-0.2, -0.15) is 13.2 Å². The van der Waals surface area contributed by atoms with Gasteiger partial charge >= 0.3 is 12.1 Å². The minimum absolute atomic E-state index is 0.0100. The topological polar surface area (TPSA) is 52.8 Å². The fourth-order valence-corrected chi connectivity index (χ4v) is 4.96. The Balaban J connectivity index is 2.08. The molecule has 1 saturated carbocycles. The molecule has 5 nitrogen and oxygen atoms in total. The van der Waals surface area contributed by atoms with Gasteiger partial charge in [-0.25, -0.2) is 4.99 Å². The van der Waals surface area contributed by atoms with Gasteiger partial charge in [0.2, 0.25) is 0 Å². The number of thiazole rings is 1. The Morgan fingerprint density at radius 2 is 1.94 bits per heavy atom. The summed E-state index contributed by atoms with van der Waals surface area (Å²) in [5.74, 6) is -0.129. The molecule has 1 aliphatic rings. The number of ether oxygens (including phenoxy) is 2. The van der Waals surface area contributed by atoms with Crippen molar-refractivity contribution in [1.82, 2.24) is 4.57 Å². The number of rotatable bonds is 5. The van der Waals surface area contributed by atoms with Crippen molar-refractivity contribution in [3.63, 3.8) is 0 Å². The molecule has 0 bridgehead atoms. The third-order valence-electron chi connectivity index (χ3n) is 5.50. The fraction of sp³-hybridized carbons (Fsp3) is 0.522. The predicted octanol–water partition coefficient (Wildman–Crippen LogP) is 5.64. The van der Waals surface area contributed by atoms with Crippen LogP contribution in [0.2, 0.25) is 0 Å². The monoisotopic (exact) mass is 500 g/mol. The van der Waals surface area contributed by atoms with Crippen molar-refractivity contribution < 1.29 is 27.4 Å². The summed E-state index contributed by atoms with van der Waals surface area (Å²) in [5, 5.41) is 0. The number of halogens is 3. The molecule has 2 aromatic rings. The maximum absolute atomic E-state index is 13.3. The molecule has 1 aliphatic carbocycles. The van der Waals surface area contributed by atoms with E-state index in [1.54, 1.807) is 0 Å². The maximum atomic E-state index is 13.3. The Morgan fingerprint density at radius 1 is 1.27 bits per heavy atom. The van der Waals surface area contributed by atoms with E-state index in [1.165, 1.54) is 31.4 Å². The zero-order valence-corrected chi connectivity index (χ0v) is 20.8. The molecule has 0 radical (unpaired) electrons. The fourth-order valence-electron chi connectivity index (χ4n) is 3.60. The lowest BCUT2D eigenvalue weighted by Crippen LogP contribution is -2.46. The highest BCUT2D eigenvalue weighted by atomic mass is 32.1. The van der Waals surface area contributed by atoms with Crippen molar-refractivity contribution in [2.24, 2.45) is 4.99 Å². The summed E-state index contributed by atoms with van der Waals surface area (Å²) >= 11 is 6.86. The Kier molecular flexibility index (Phi) is 7.10. The van der Waals surface area contributed by atoms with Crippen molar-refractivity contribution in [3.8, 4) is 5.75 Å². The molecule has 1 aromatic carbocycles. The summed E-state index contributed by atoms with van der Waals surface area (Å²) in [7, 11) is 1.37. The standard InChI is InChI=1S/C23H27F3N2O3S2/c1-14(29)31-22(9-6-10-22)13-28-12-18(21(2,3)4)33-20(28)27-19(32)16-11-15(23(24,25)26)7-8-17(16)30-5/h7-8,11-12H,6,9-10,13H2,1-5H3. The van der Waals surface area contributed by atoms with Crippen LogP contribution < -0.4 is 9.54 Å². The third-order valence-corrected chi connectivity index (χ3v) is 7.25. The van der Waals surface area contributed by atoms with E-state index in [9.17, 15) is 18.0 Å². The summed E-state index contributed by atoms with van der Waals surface area (Å²) in [6, 6.07) is 3.15. The van der Waals surface area contributed by atoms with E-state index < -0.39 is 17.3 Å². The van der Waals surface area contributed by atoms with Gasteiger partial charge in [-0.1, -0.05) is 33.0 Å². The Hall–Kier alpha value is -2.20. The average Bonchev–Trinajstić information content (AvgIpc) is 3.07. The Bertz CT molecular complexity index is 1120. The van der Waals surface area contributed by atoms with Crippen LogP contribution in [0.25, 0.3) is 0 Å². The molecule has 3 rings (SSSR count). The van der Waals surface area contributed by atoms with Gasteiger partial charge in [0.1, 0.15) is 16.3 Å². The third kappa shape index (κ3) is 5.84. The number of hydrogen-bond acceptors (Lipinski definition) is 5. The minimum atomic E-state index is -4.51. The number of alkyl halides is 3. The molecular formula is C23H27F3N2O3S2. The maximum Gasteiger partial charge on any atom is 0.416 e. The summed E-state index contributed by atoms with van der Waals surface area (Å²) in [6.07, 6.45) is -0.119. The van der Waals surface area contributed by atoms with Gasteiger partial charge < -0.3 is 14.0 Å². The molecule has 1 aromatic heterocycles. The summed E-state index contributed by atoms with van der Waals surface area (Å²) in [5.41, 5.74) is -1.51. The quantitative estimate of drug-likeness (QED) is 0.394. The molecule has 1 fully saturated rings. The molecule has 0 N–H and O–H groups in total. The highest BCUT2D eigenvalue weighted by molar-refractivity contribution is 7.80. The molecule has 0 amide bonds. The highest BCUT2D eigenvalue weighted by Gasteiger charge is 2.41. The van der Waals surface area contributed by atoms with Crippen molar-refractivity contribution in [2.45, 2.75) is 70.7 Å². The largest absolute Gasteiger partial charge is 0.496 e. The van der Waals surface area contributed by atoms with Crippen LogP contribution in [0.5, 0.6) is 5.75 Å². The van der Waals surface area contributed by atoms with Gasteiger partial charge in [-0.15, -0.1) is 11.3 Å². The molecule has 0 saturated heterocycles. The van der Waals surface area contributed by atoms with Gasteiger partial charge in [0.05, 0.1) is 24.8 Å². The summed E-state index contributed by atoms with van der Waals surface area (Å²) in [4.78, 5) is 17.7. The van der Waals surface area contributed by atoms with Crippen LogP contribution in [0.4, 0.5) is 13.2 Å². The van der Waals surface area contributed by atoms with Gasteiger partial charge in [0.15, 0.2) is 4.80 Å². The zero-order chi connectivity index (χ0) is 24.6. The number of nitrogens with zero attached hydrogens (tertiary/aromatic N) is 2. The molecule has 33 heavy (non-hydrogen) atoms. The molecule has 180 valence electrons. The van der Waals surface area contributed by atoms with E-state index in [0.29, 0.717) is 11.3 Å². The normalized spacial score (nSPS) is 16.3. The first-order valence-corrected chi connectivity index (χ1v) is 11.7. The van der Waals surface area contributed by atoms with E-state index in [1.807, 2.05) is 10.8 Å². The Labute approximate surface area is 200 Å². The number of hydrogen-bond donors (Lipinski definition) is 0. The molecule has 0 atom stereocenters. The van der Waals surface area contributed by atoms with Gasteiger partial charge in [-0.05, 0) is 42.9 Å². The first kappa shape index (κ1) is 25.4. The van der Waals surface area contributed by atoms with E-state index in [4.69, 9.17) is 21.7 Å². The molecule has 0 spiro atoms. The number of aromatic nitrogens is 1. The van der Waals surface area contributed by atoms with Crippen LogP contribution in [-0.2, 0) is 27.7 Å². The molecule has 10 heteroatoms. The van der Waals surface area contributed by atoms with Crippen LogP contribution in [0, 0.1) is 0 Å². The van der Waals surface area contributed by atoms with Crippen LogP contribution in [0.15, 0.2) is 29.4 Å². The lowest BCUT2D eigenvalue weighted by molar-refractivity contribution is -0.169. The molecule has 0 unspecified atom stereocenters. The van der Waals surface area contributed by atoms with E-state index in [-0.39, 0.29) is 27.7 Å². The van der Waals surface area contributed by atoms with Gasteiger partial charge in [0, 0.05) is 18.0 Å². The number of methoxy groups -OCH3 is 1. The van der Waals surface area contributed by atoms with Crippen LogP contribution in [0.3, 0.4) is 0 Å². The van der Waals surface area contributed by atoms with Gasteiger partial charge in [0.25, 0.3) is 0 Å². The number of carbonyl (C=O) groups excluding carboxylic acids is 1. The second kappa shape index (κ2) is 9.21. The highest BCUT2D eigenvalue weighted by Crippen LogP contribution is 2.38. The molecule has 0 aliphatic heterocycles. The number of thiocarbonyl (C=S) groups is 1. The first-order valence-electron chi connectivity index (χ1n) is 10.5. The minimum Gasteiger partial charge on any atom is -0.496 e. The van der Waals surface area contributed by atoms with Crippen molar-refractivity contribution in [3.05, 3.63) is 45.2 Å². The predicted molar refractivity (Wildman–Crippen MR) is 125 cm³/mol. The second-order valence-electron chi connectivity index (χ2n) is 9.22. The van der Waals surface area contributed by atoms with Crippen LogP contribution >= 0.6 is 23.6 Å². The average molecular weight is 501 g/mol. The Morgan fingerprint density at radius 3 is 2.42 bits per heavy atom. The molecule has 1 heterocycles. The SMILES string of the molecule is COc1ccc(C(F)(F)F)cc1C(=S)N=c1sc(C(C)(C)C)cn1CC1(OC(C)=O)CCC1. The van der Waals surface area contributed by atoms with Crippen molar-refractivity contribution >= 4 is 34.5 Å². The smallest absolute Gasteiger partial charge is 0.416 e. The second-order valence-corrected chi connectivity index (χ2v) is 10.6. The van der Waals surface area contributed by atoms with E-state index >= 15 is 0 Å². The van der Waals surface area contributed by atoms with Crippen molar-refractivity contribution in [2.75, 3.05) is 7.11 Å². The molecular weight excluding hydrogens is 473 g/mol. The van der Waals surface area contributed by atoms with E-state index in [0.717, 1.165) is 36.3 Å².